The van der Waals surface area contributed by atoms with Crippen LogP contribution in [0.4, 0.5) is 0 Å². The van der Waals surface area contributed by atoms with Crippen LogP contribution in [-0.2, 0) is 0 Å². The van der Waals surface area contributed by atoms with Crippen molar-refractivity contribution in [3.63, 3.8) is 0 Å². The van der Waals surface area contributed by atoms with Crippen molar-refractivity contribution in [1.82, 2.24) is 9.80 Å². The van der Waals surface area contributed by atoms with Gasteiger partial charge in [0.2, 0.25) is 0 Å². The van der Waals surface area contributed by atoms with Crippen LogP contribution in [0.1, 0.15) is 30.6 Å². The molecule has 0 radical (unpaired) electrons. The summed E-state index contributed by atoms with van der Waals surface area (Å²) in [6.45, 7) is 8.76. The van der Waals surface area contributed by atoms with Gasteiger partial charge in [-0.05, 0) is 60.2 Å². The summed E-state index contributed by atoms with van der Waals surface area (Å²) >= 11 is 0. The summed E-state index contributed by atoms with van der Waals surface area (Å²) in [5.41, 5.74) is 2.91. The van der Waals surface area contributed by atoms with Gasteiger partial charge in [0.25, 0.3) is 5.91 Å². The third-order valence-corrected chi connectivity index (χ3v) is 5.41. The number of nitrogens with zero attached hydrogens (tertiary/aromatic N) is 2. The first-order valence-corrected chi connectivity index (χ1v) is 10.2. The normalized spacial score (nSPS) is 17.1. The van der Waals surface area contributed by atoms with E-state index < -0.39 is 0 Å². The fourth-order valence-electron chi connectivity index (χ4n) is 4.04. The Morgan fingerprint density at radius 2 is 1.93 bits per heavy atom. The average Bonchev–Trinajstić information content (AvgIpc) is 3.13. The number of carbonyl (C=O) groups is 1. The minimum absolute atomic E-state index is 0.0968. The van der Waals surface area contributed by atoms with Crippen LogP contribution in [0.25, 0.3) is 11.1 Å². The average molecular weight is 381 g/mol. The van der Waals surface area contributed by atoms with E-state index in [1.54, 1.807) is 7.11 Å². The number of likely N-dealkylation sites (tertiary alicyclic amines) is 1. The predicted molar refractivity (Wildman–Crippen MR) is 115 cm³/mol. The zero-order valence-electron chi connectivity index (χ0n) is 17.5. The minimum Gasteiger partial charge on any atom is -0.497 e. The van der Waals surface area contributed by atoms with Crippen molar-refractivity contribution in [2.75, 3.05) is 40.3 Å². The van der Waals surface area contributed by atoms with Crippen molar-refractivity contribution < 1.29 is 9.53 Å². The second-order valence-corrected chi connectivity index (χ2v) is 8.30. The third kappa shape index (κ3) is 5.14. The Morgan fingerprint density at radius 1 is 1.18 bits per heavy atom. The van der Waals surface area contributed by atoms with E-state index in [0.717, 1.165) is 48.6 Å². The van der Waals surface area contributed by atoms with Crippen molar-refractivity contribution in [1.29, 1.82) is 0 Å². The number of carbonyl (C=O) groups excluding carboxylic acids is 1. The Balaban J connectivity index is 1.59. The number of hydrogen-bond donors (Lipinski definition) is 0. The van der Waals surface area contributed by atoms with E-state index in [-0.39, 0.29) is 5.91 Å². The molecule has 3 rings (SSSR count). The lowest BCUT2D eigenvalue weighted by Crippen LogP contribution is -2.33. The van der Waals surface area contributed by atoms with Gasteiger partial charge in [0.05, 0.1) is 7.11 Å². The molecule has 0 saturated carbocycles. The van der Waals surface area contributed by atoms with Gasteiger partial charge in [-0.25, -0.2) is 0 Å². The highest BCUT2D eigenvalue weighted by Crippen LogP contribution is 2.25. The zero-order valence-corrected chi connectivity index (χ0v) is 17.5. The van der Waals surface area contributed by atoms with Crippen LogP contribution in [0, 0.1) is 11.8 Å². The van der Waals surface area contributed by atoms with Gasteiger partial charge in [-0.1, -0.05) is 38.1 Å². The first-order valence-electron chi connectivity index (χ1n) is 10.2. The van der Waals surface area contributed by atoms with Crippen LogP contribution in [0.5, 0.6) is 5.75 Å². The first-order chi connectivity index (χ1) is 13.5. The molecule has 1 amide bonds. The van der Waals surface area contributed by atoms with Crippen molar-refractivity contribution in [2.24, 2.45) is 11.8 Å². The first kappa shape index (κ1) is 20.4. The molecule has 28 heavy (non-hydrogen) atoms. The van der Waals surface area contributed by atoms with Crippen molar-refractivity contribution in [3.05, 3.63) is 54.1 Å². The summed E-state index contributed by atoms with van der Waals surface area (Å²) in [6.07, 6.45) is 1.18. The molecular formula is C24H32N2O2. The number of rotatable bonds is 7. The maximum Gasteiger partial charge on any atom is 0.253 e. The topological polar surface area (TPSA) is 32.8 Å². The molecule has 0 unspecified atom stereocenters. The summed E-state index contributed by atoms with van der Waals surface area (Å²) in [5.74, 6) is 2.20. The molecule has 1 heterocycles. The predicted octanol–water partition coefficient (Wildman–Crippen LogP) is 4.41. The standard InChI is InChI=1S/C24H32N2O2/c1-18(2)15-26-13-12-19(17-26)16-25(3)24(27)21-10-8-20(9-11-21)22-6-5-7-23(14-22)28-4/h5-11,14,18-19H,12-13,15-17H2,1-4H3/t19-/m1/s1. The molecule has 1 fully saturated rings. The highest BCUT2D eigenvalue weighted by Gasteiger charge is 2.25. The summed E-state index contributed by atoms with van der Waals surface area (Å²) in [7, 11) is 3.59. The quantitative estimate of drug-likeness (QED) is 0.713. The van der Waals surface area contributed by atoms with Crippen LogP contribution in [-0.4, -0.2) is 56.0 Å². The molecule has 0 spiro atoms. The number of amides is 1. The summed E-state index contributed by atoms with van der Waals surface area (Å²) in [4.78, 5) is 17.2. The van der Waals surface area contributed by atoms with E-state index in [4.69, 9.17) is 4.74 Å². The van der Waals surface area contributed by atoms with E-state index in [0.29, 0.717) is 11.8 Å². The fraction of sp³-hybridized carbons (Fsp3) is 0.458. The second kappa shape index (κ2) is 9.24. The number of hydrogen-bond acceptors (Lipinski definition) is 3. The molecule has 0 aromatic heterocycles. The second-order valence-electron chi connectivity index (χ2n) is 8.30. The minimum atomic E-state index is 0.0968. The molecule has 0 bridgehead atoms. The Kier molecular flexibility index (Phi) is 6.74. The van der Waals surface area contributed by atoms with Gasteiger partial charge in [-0.3, -0.25) is 4.79 Å². The van der Waals surface area contributed by atoms with Gasteiger partial charge in [0, 0.05) is 32.2 Å². The van der Waals surface area contributed by atoms with Crippen LogP contribution in [0.15, 0.2) is 48.5 Å². The van der Waals surface area contributed by atoms with E-state index in [2.05, 4.69) is 24.8 Å². The SMILES string of the molecule is COc1cccc(-c2ccc(C(=O)N(C)C[C@H]3CCN(CC(C)C)C3)cc2)c1. The van der Waals surface area contributed by atoms with Gasteiger partial charge in [-0.15, -0.1) is 0 Å². The van der Waals surface area contributed by atoms with Crippen LogP contribution in [0.2, 0.25) is 0 Å². The van der Waals surface area contributed by atoms with Crippen molar-refractivity contribution in [2.45, 2.75) is 20.3 Å². The fourth-order valence-corrected chi connectivity index (χ4v) is 4.04. The van der Waals surface area contributed by atoms with Gasteiger partial charge in [0.1, 0.15) is 5.75 Å². The maximum atomic E-state index is 12.8. The number of ether oxygens (including phenoxy) is 1. The lowest BCUT2D eigenvalue weighted by Gasteiger charge is -2.22. The number of benzene rings is 2. The van der Waals surface area contributed by atoms with Crippen LogP contribution >= 0.6 is 0 Å². The van der Waals surface area contributed by atoms with Gasteiger partial charge in [0.15, 0.2) is 0 Å². The smallest absolute Gasteiger partial charge is 0.253 e. The highest BCUT2D eigenvalue weighted by atomic mass is 16.5. The molecule has 2 aromatic rings. The van der Waals surface area contributed by atoms with Gasteiger partial charge < -0.3 is 14.5 Å². The summed E-state index contributed by atoms with van der Waals surface area (Å²) in [6, 6.07) is 15.8. The van der Waals surface area contributed by atoms with Crippen molar-refractivity contribution in [3.8, 4) is 16.9 Å². The molecule has 0 N–H and O–H groups in total. The number of methoxy groups -OCH3 is 1. The van der Waals surface area contributed by atoms with E-state index >= 15 is 0 Å². The van der Waals surface area contributed by atoms with Crippen LogP contribution < -0.4 is 4.74 Å². The zero-order chi connectivity index (χ0) is 20.1. The van der Waals surface area contributed by atoms with E-state index in [1.165, 1.54) is 6.42 Å². The lowest BCUT2D eigenvalue weighted by molar-refractivity contribution is 0.0773. The molecule has 1 aliphatic heterocycles. The molecule has 1 aliphatic rings. The lowest BCUT2D eigenvalue weighted by atomic mass is 10.0. The summed E-state index contributed by atoms with van der Waals surface area (Å²) in [5, 5.41) is 0. The Morgan fingerprint density at radius 3 is 2.61 bits per heavy atom. The highest BCUT2D eigenvalue weighted by molar-refractivity contribution is 5.94. The third-order valence-electron chi connectivity index (χ3n) is 5.41. The molecule has 1 atom stereocenters. The molecule has 150 valence electrons. The molecule has 4 heteroatoms. The maximum absolute atomic E-state index is 12.8. The molecule has 4 nitrogen and oxygen atoms in total. The van der Waals surface area contributed by atoms with Gasteiger partial charge in [-0.2, -0.15) is 0 Å². The molecule has 1 saturated heterocycles. The summed E-state index contributed by atoms with van der Waals surface area (Å²) < 4.78 is 5.30. The van der Waals surface area contributed by atoms with E-state index in [9.17, 15) is 4.79 Å². The molecule has 0 aliphatic carbocycles. The molecule has 2 aromatic carbocycles. The van der Waals surface area contributed by atoms with Crippen LogP contribution in [0.3, 0.4) is 0 Å². The Bertz CT molecular complexity index is 785. The largest absolute Gasteiger partial charge is 0.497 e. The monoisotopic (exact) mass is 380 g/mol. The van der Waals surface area contributed by atoms with E-state index in [1.807, 2.05) is 54.4 Å². The molecular weight excluding hydrogens is 348 g/mol. The van der Waals surface area contributed by atoms with Crippen molar-refractivity contribution >= 4 is 5.91 Å². The van der Waals surface area contributed by atoms with Gasteiger partial charge >= 0.3 is 0 Å². The Hall–Kier alpha value is -2.33. The Labute approximate surface area is 169 Å².